The molecular formula is C20H28O. The minimum atomic E-state index is -0.127. The smallest absolute Gasteiger partial charge is 0.0637 e. The first-order valence-electron chi connectivity index (χ1n) is 8.93. The maximum atomic E-state index is 11.0. The molecule has 1 aromatic carbocycles. The van der Waals surface area contributed by atoms with Crippen LogP contribution in [0.5, 0.6) is 0 Å². The zero-order valence-corrected chi connectivity index (χ0v) is 13.2. The monoisotopic (exact) mass is 284 g/mol. The molecule has 4 fully saturated rings. The molecule has 0 aliphatic heterocycles. The van der Waals surface area contributed by atoms with Crippen molar-refractivity contribution < 1.29 is 5.11 Å². The summed E-state index contributed by atoms with van der Waals surface area (Å²) in [5.74, 6) is 2.77. The third-order valence-corrected chi connectivity index (χ3v) is 6.65. The van der Waals surface area contributed by atoms with Gasteiger partial charge in [-0.15, -0.1) is 0 Å². The first-order chi connectivity index (χ1) is 10.2. The molecule has 4 aliphatic carbocycles. The molecule has 4 saturated carbocycles. The number of aryl methyl sites for hydroxylation is 1. The van der Waals surface area contributed by atoms with Crippen molar-refractivity contribution in [1.82, 2.24) is 0 Å². The van der Waals surface area contributed by atoms with E-state index < -0.39 is 0 Å². The Kier molecular flexibility index (Phi) is 3.37. The van der Waals surface area contributed by atoms with Crippen LogP contribution < -0.4 is 0 Å². The lowest BCUT2D eigenvalue weighted by molar-refractivity contribution is -0.119. The topological polar surface area (TPSA) is 20.2 Å². The second-order valence-electron chi connectivity index (χ2n) is 8.17. The Morgan fingerprint density at radius 1 is 0.952 bits per heavy atom. The summed E-state index contributed by atoms with van der Waals surface area (Å²) in [6.07, 6.45) is 10.1. The molecule has 4 aliphatic rings. The molecular weight excluding hydrogens is 256 g/mol. The van der Waals surface area contributed by atoms with Gasteiger partial charge in [0.2, 0.25) is 0 Å². The predicted molar refractivity (Wildman–Crippen MR) is 86.1 cm³/mol. The zero-order chi connectivity index (χ0) is 14.4. The van der Waals surface area contributed by atoms with E-state index in [2.05, 4.69) is 31.2 Å². The Balaban J connectivity index is 1.50. The van der Waals surface area contributed by atoms with Crippen molar-refractivity contribution in [3.05, 3.63) is 35.4 Å². The Morgan fingerprint density at radius 2 is 1.43 bits per heavy atom. The van der Waals surface area contributed by atoms with E-state index in [4.69, 9.17) is 0 Å². The Hall–Kier alpha value is -0.820. The summed E-state index contributed by atoms with van der Waals surface area (Å²) in [6.45, 7) is 2.19. The lowest BCUT2D eigenvalue weighted by atomic mass is 9.48. The Morgan fingerprint density at radius 3 is 1.90 bits per heavy atom. The van der Waals surface area contributed by atoms with Gasteiger partial charge in [-0.25, -0.2) is 0 Å². The normalized spacial score (nSPS) is 38.7. The largest absolute Gasteiger partial charge is 0.392 e. The summed E-state index contributed by atoms with van der Waals surface area (Å²) >= 11 is 0. The summed E-state index contributed by atoms with van der Waals surface area (Å²) in [5, 5.41) is 11.0. The molecule has 0 aromatic heterocycles. The van der Waals surface area contributed by atoms with Crippen molar-refractivity contribution in [2.75, 3.05) is 0 Å². The summed E-state index contributed by atoms with van der Waals surface area (Å²) < 4.78 is 0. The van der Waals surface area contributed by atoms with Crippen LogP contribution in [0.15, 0.2) is 24.3 Å². The molecule has 4 bridgehead atoms. The van der Waals surface area contributed by atoms with Crippen LogP contribution in [0.25, 0.3) is 0 Å². The second-order valence-corrected chi connectivity index (χ2v) is 8.17. The van der Waals surface area contributed by atoms with E-state index in [0.29, 0.717) is 0 Å². The van der Waals surface area contributed by atoms with Crippen LogP contribution in [0.2, 0.25) is 0 Å². The van der Waals surface area contributed by atoms with Gasteiger partial charge in [0.1, 0.15) is 0 Å². The number of benzene rings is 1. The number of rotatable bonds is 4. The Bertz CT molecular complexity index is 466. The van der Waals surface area contributed by atoms with Gasteiger partial charge in [-0.3, -0.25) is 0 Å². The molecule has 21 heavy (non-hydrogen) atoms. The molecule has 0 saturated heterocycles. The molecule has 114 valence electrons. The van der Waals surface area contributed by atoms with Crippen LogP contribution >= 0.6 is 0 Å². The van der Waals surface area contributed by atoms with Gasteiger partial charge in [0.05, 0.1) is 6.10 Å². The summed E-state index contributed by atoms with van der Waals surface area (Å²) in [5.41, 5.74) is 2.97. The van der Waals surface area contributed by atoms with Gasteiger partial charge in [-0.05, 0) is 85.7 Å². The summed E-state index contributed by atoms with van der Waals surface area (Å²) in [4.78, 5) is 0. The first kappa shape index (κ1) is 13.8. The second kappa shape index (κ2) is 5.12. The molecule has 5 rings (SSSR count). The highest BCUT2D eigenvalue weighted by atomic mass is 16.3. The van der Waals surface area contributed by atoms with Crippen molar-refractivity contribution in [2.45, 2.75) is 64.4 Å². The quantitative estimate of drug-likeness (QED) is 0.870. The van der Waals surface area contributed by atoms with Gasteiger partial charge < -0.3 is 5.11 Å². The number of aliphatic hydroxyl groups excluding tert-OH is 1. The summed E-state index contributed by atoms with van der Waals surface area (Å²) in [7, 11) is 0. The average Bonchev–Trinajstić information content (AvgIpc) is 2.46. The molecule has 1 aromatic rings. The van der Waals surface area contributed by atoms with Crippen LogP contribution in [0.1, 0.15) is 56.6 Å². The van der Waals surface area contributed by atoms with E-state index in [0.717, 1.165) is 30.6 Å². The molecule has 0 spiro atoms. The van der Waals surface area contributed by atoms with Crippen molar-refractivity contribution >= 4 is 0 Å². The number of aliphatic hydroxyl groups is 1. The molecule has 0 heterocycles. The van der Waals surface area contributed by atoms with Gasteiger partial charge in [0.25, 0.3) is 0 Å². The van der Waals surface area contributed by atoms with Crippen molar-refractivity contribution in [2.24, 2.45) is 23.2 Å². The van der Waals surface area contributed by atoms with Gasteiger partial charge in [-0.2, -0.15) is 0 Å². The highest BCUT2D eigenvalue weighted by molar-refractivity contribution is 5.23. The van der Waals surface area contributed by atoms with Crippen molar-refractivity contribution in [3.63, 3.8) is 0 Å². The Labute approximate surface area is 128 Å². The maximum absolute atomic E-state index is 11.0. The van der Waals surface area contributed by atoms with Gasteiger partial charge >= 0.3 is 0 Å². The predicted octanol–water partition coefficient (Wildman–Crippen LogP) is 4.37. The SMILES string of the molecule is CCc1ccc(CC(O)C23CC4CC(CC(C4)C2)C3)cc1. The van der Waals surface area contributed by atoms with Crippen LogP contribution in [0, 0.1) is 23.2 Å². The molecule has 0 amide bonds. The third kappa shape index (κ3) is 2.44. The van der Waals surface area contributed by atoms with Crippen LogP contribution in [-0.2, 0) is 12.8 Å². The van der Waals surface area contributed by atoms with Crippen LogP contribution in [0.4, 0.5) is 0 Å². The zero-order valence-electron chi connectivity index (χ0n) is 13.2. The fourth-order valence-corrected chi connectivity index (χ4v) is 5.94. The van der Waals surface area contributed by atoms with Crippen molar-refractivity contribution in [3.8, 4) is 0 Å². The van der Waals surface area contributed by atoms with Gasteiger partial charge in [0.15, 0.2) is 0 Å². The summed E-state index contributed by atoms with van der Waals surface area (Å²) in [6, 6.07) is 8.90. The van der Waals surface area contributed by atoms with Crippen molar-refractivity contribution in [1.29, 1.82) is 0 Å². The lowest BCUT2D eigenvalue weighted by Crippen LogP contribution is -2.52. The fraction of sp³-hybridized carbons (Fsp3) is 0.700. The van der Waals surface area contributed by atoms with E-state index in [1.54, 1.807) is 0 Å². The van der Waals surface area contributed by atoms with Gasteiger partial charge in [0, 0.05) is 0 Å². The third-order valence-electron chi connectivity index (χ3n) is 6.65. The molecule has 1 N–H and O–H groups in total. The lowest BCUT2D eigenvalue weighted by Gasteiger charge is -2.58. The van der Waals surface area contributed by atoms with Crippen LogP contribution in [0.3, 0.4) is 0 Å². The molecule has 1 atom stereocenters. The van der Waals surface area contributed by atoms with E-state index in [9.17, 15) is 5.11 Å². The number of hydrogen-bond donors (Lipinski definition) is 1. The van der Waals surface area contributed by atoms with E-state index in [1.165, 1.54) is 49.7 Å². The van der Waals surface area contributed by atoms with E-state index >= 15 is 0 Å². The van der Waals surface area contributed by atoms with Crippen LogP contribution in [-0.4, -0.2) is 11.2 Å². The average molecular weight is 284 g/mol. The maximum Gasteiger partial charge on any atom is 0.0637 e. The van der Waals surface area contributed by atoms with E-state index in [-0.39, 0.29) is 11.5 Å². The minimum absolute atomic E-state index is 0.127. The molecule has 1 heteroatoms. The van der Waals surface area contributed by atoms with E-state index in [1.807, 2.05) is 0 Å². The highest BCUT2D eigenvalue weighted by Gasteiger charge is 2.53. The first-order valence-corrected chi connectivity index (χ1v) is 8.93. The molecule has 1 unspecified atom stereocenters. The molecule has 1 nitrogen and oxygen atoms in total. The van der Waals surface area contributed by atoms with Gasteiger partial charge in [-0.1, -0.05) is 31.2 Å². The number of hydrogen-bond acceptors (Lipinski definition) is 1. The standard InChI is InChI=1S/C20H28O/c1-2-14-3-5-15(6-4-14)10-19(21)20-11-16-7-17(12-20)9-18(8-16)13-20/h3-6,16-19,21H,2,7-13H2,1H3. The minimum Gasteiger partial charge on any atom is -0.392 e. The molecule has 0 radical (unpaired) electrons. The fourth-order valence-electron chi connectivity index (χ4n) is 5.94. The highest BCUT2D eigenvalue weighted by Crippen LogP contribution is 2.61.